The normalized spacial score (nSPS) is 12.7. The minimum absolute atomic E-state index is 0.190. The maximum atomic E-state index is 9.56. The molecule has 0 fully saturated rings. The summed E-state index contributed by atoms with van der Waals surface area (Å²) in [5, 5.41) is 65.0. The highest BCUT2D eigenvalue weighted by Gasteiger charge is 2.12. The maximum absolute atomic E-state index is 9.56. The summed E-state index contributed by atoms with van der Waals surface area (Å²) >= 11 is 0. The molecule has 9 nitrogen and oxygen atoms in total. The molecule has 0 heterocycles. The van der Waals surface area contributed by atoms with E-state index in [4.69, 9.17) is 40.9 Å². The number of aliphatic hydroxyl groups is 8. The third kappa shape index (κ3) is 22.9. The Morgan fingerprint density at radius 2 is 1.05 bits per heavy atom. The monoisotopic (exact) mass is 288 g/mol. The largest absolute Gasteiger partial charge is 0.394 e. The first kappa shape index (κ1) is 23.4. The molecule has 9 heteroatoms. The summed E-state index contributed by atoms with van der Waals surface area (Å²) < 4.78 is 0. The van der Waals surface area contributed by atoms with Crippen LogP contribution in [-0.2, 0) is 4.79 Å². The molecule has 19 heavy (non-hydrogen) atoms. The summed E-state index contributed by atoms with van der Waals surface area (Å²) in [6.45, 7) is -0.781. The highest BCUT2D eigenvalue weighted by Crippen LogP contribution is 1.88. The fraction of sp³-hybridized carbons (Fsp3) is 0.900. The SMILES string of the molecule is CC(=O)CO.OCC(O)CO.OC[C@@H](O)[C@@H](O)CO. The van der Waals surface area contributed by atoms with E-state index in [-0.39, 0.29) is 25.6 Å². The van der Waals surface area contributed by atoms with Gasteiger partial charge < -0.3 is 40.9 Å². The molecule has 0 aromatic carbocycles. The minimum Gasteiger partial charge on any atom is -0.394 e. The number of rotatable bonds is 6. The van der Waals surface area contributed by atoms with Crippen LogP contribution >= 0.6 is 0 Å². The Balaban J connectivity index is -0.000000209. The van der Waals surface area contributed by atoms with E-state index in [2.05, 4.69) is 0 Å². The minimum atomic E-state index is -1.22. The Hall–Kier alpha value is -0.650. The van der Waals surface area contributed by atoms with Crippen LogP contribution in [0, 0.1) is 0 Å². The lowest BCUT2D eigenvalue weighted by Crippen LogP contribution is -2.31. The Labute approximate surface area is 111 Å². The first-order valence-corrected chi connectivity index (χ1v) is 5.38. The van der Waals surface area contributed by atoms with Crippen molar-refractivity contribution in [1.82, 2.24) is 0 Å². The van der Waals surface area contributed by atoms with E-state index < -0.39 is 31.5 Å². The van der Waals surface area contributed by atoms with Crippen molar-refractivity contribution in [3.8, 4) is 0 Å². The molecule has 0 aromatic rings. The van der Waals surface area contributed by atoms with Gasteiger partial charge in [-0.05, 0) is 6.92 Å². The third-order valence-electron chi connectivity index (χ3n) is 1.46. The molecular formula is C10H24O9. The van der Waals surface area contributed by atoms with E-state index in [1.165, 1.54) is 6.92 Å². The molecule has 0 aliphatic rings. The van der Waals surface area contributed by atoms with Gasteiger partial charge >= 0.3 is 0 Å². The maximum Gasteiger partial charge on any atom is 0.155 e. The lowest BCUT2D eigenvalue weighted by atomic mass is 10.2. The van der Waals surface area contributed by atoms with Gasteiger partial charge in [-0.1, -0.05) is 0 Å². The van der Waals surface area contributed by atoms with Crippen molar-refractivity contribution in [2.75, 3.05) is 33.0 Å². The van der Waals surface area contributed by atoms with E-state index in [0.29, 0.717) is 0 Å². The molecule has 0 radical (unpaired) electrons. The summed E-state index contributed by atoms with van der Waals surface area (Å²) in [5.41, 5.74) is 0. The molecule has 2 atom stereocenters. The van der Waals surface area contributed by atoms with Crippen molar-refractivity contribution in [2.24, 2.45) is 0 Å². The van der Waals surface area contributed by atoms with E-state index in [9.17, 15) is 4.79 Å². The van der Waals surface area contributed by atoms with Crippen LogP contribution in [0.15, 0.2) is 0 Å². The first-order valence-electron chi connectivity index (χ1n) is 5.38. The smallest absolute Gasteiger partial charge is 0.155 e. The van der Waals surface area contributed by atoms with Crippen LogP contribution in [0.5, 0.6) is 0 Å². The quantitative estimate of drug-likeness (QED) is 0.239. The lowest BCUT2D eigenvalue weighted by molar-refractivity contribution is -0.119. The van der Waals surface area contributed by atoms with Crippen LogP contribution in [0.3, 0.4) is 0 Å². The Morgan fingerprint density at radius 3 is 1.11 bits per heavy atom. The van der Waals surface area contributed by atoms with Crippen LogP contribution in [-0.4, -0.2) is 98.0 Å². The summed E-state index contributed by atoms with van der Waals surface area (Å²) in [5.74, 6) is -0.190. The predicted octanol–water partition coefficient (Wildman–Crippen LogP) is -4.41. The van der Waals surface area contributed by atoms with Gasteiger partial charge in [0, 0.05) is 0 Å². The van der Waals surface area contributed by atoms with Crippen LogP contribution in [0.4, 0.5) is 0 Å². The number of hydrogen-bond donors (Lipinski definition) is 8. The molecule has 0 aromatic heterocycles. The van der Waals surface area contributed by atoms with Crippen LogP contribution in [0.25, 0.3) is 0 Å². The zero-order valence-corrected chi connectivity index (χ0v) is 10.8. The summed E-state index contributed by atoms with van der Waals surface area (Å²) in [4.78, 5) is 9.56. The zero-order chi connectivity index (χ0) is 15.8. The molecule has 8 N–H and O–H groups in total. The molecule has 0 aliphatic heterocycles. The average Bonchev–Trinajstić information content (AvgIpc) is 2.45. The van der Waals surface area contributed by atoms with Gasteiger partial charge in [0.2, 0.25) is 0 Å². The fourth-order valence-corrected chi connectivity index (χ4v) is 0.301. The molecule has 0 rings (SSSR count). The predicted molar refractivity (Wildman–Crippen MR) is 64.1 cm³/mol. The van der Waals surface area contributed by atoms with Crippen molar-refractivity contribution in [3.05, 3.63) is 0 Å². The highest BCUT2D eigenvalue weighted by atomic mass is 16.4. The van der Waals surface area contributed by atoms with Crippen LogP contribution in [0.2, 0.25) is 0 Å². The standard InChI is InChI=1S/C4H10O4.C3H8O3.C3H6O2/c5-1-3(7)4(8)2-6;4-1-3(6)2-5;1-3(5)2-4/h3-8H,1-2H2;3-6H,1-2H2;4H,2H2,1H3/t3-,4+;;. The number of aliphatic hydroxyl groups excluding tert-OH is 8. The van der Waals surface area contributed by atoms with Crippen molar-refractivity contribution < 1.29 is 45.6 Å². The van der Waals surface area contributed by atoms with Gasteiger partial charge in [-0.25, -0.2) is 0 Å². The summed E-state index contributed by atoms with van der Waals surface area (Å²) in [6, 6.07) is 0. The average molecular weight is 288 g/mol. The van der Waals surface area contributed by atoms with Gasteiger partial charge in [0.15, 0.2) is 5.78 Å². The molecule has 0 bridgehead atoms. The Morgan fingerprint density at radius 1 is 0.789 bits per heavy atom. The Kier molecular flexibility index (Phi) is 21.4. The second-order valence-electron chi connectivity index (χ2n) is 3.38. The molecule has 118 valence electrons. The van der Waals surface area contributed by atoms with E-state index in [1.54, 1.807) is 0 Å². The number of carbonyl (C=O) groups is 1. The second kappa shape index (κ2) is 17.4. The van der Waals surface area contributed by atoms with Crippen molar-refractivity contribution >= 4 is 5.78 Å². The topological polar surface area (TPSA) is 179 Å². The van der Waals surface area contributed by atoms with Gasteiger partial charge in [0.05, 0.1) is 26.4 Å². The van der Waals surface area contributed by atoms with Gasteiger partial charge in [-0.3, -0.25) is 4.79 Å². The van der Waals surface area contributed by atoms with Crippen LogP contribution in [0.1, 0.15) is 6.92 Å². The van der Waals surface area contributed by atoms with Crippen molar-refractivity contribution in [3.63, 3.8) is 0 Å². The fourth-order valence-electron chi connectivity index (χ4n) is 0.301. The summed E-state index contributed by atoms with van der Waals surface area (Å²) in [6.07, 6.45) is -3.40. The number of hydrogen-bond acceptors (Lipinski definition) is 9. The first-order chi connectivity index (χ1) is 8.80. The Bertz CT molecular complexity index is 176. The summed E-state index contributed by atoms with van der Waals surface area (Å²) in [7, 11) is 0. The van der Waals surface area contributed by atoms with Gasteiger partial charge in [0.25, 0.3) is 0 Å². The lowest BCUT2D eigenvalue weighted by Gasteiger charge is -2.10. The van der Waals surface area contributed by atoms with E-state index in [1.807, 2.05) is 0 Å². The molecule has 0 amide bonds. The zero-order valence-electron chi connectivity index (χ0n) is 10.8. The van der Waals surface area contributed by atoms with E-state index in [0.717, 1.165) is 0 Å². The van der Waals surface area contributed by atoms with E-state index >= 15 is 0 Å². The molecule has 0 aliphatic carbocycles. The second-order valence-corrected chi connectivity index (χ2v) is 3.38. The van der Waals surface area contributed by atoms with Gasteiger partial charge in [-0.15, -0.1) is 0 Å². The van der Waals surface area contributed by atoms with Crippen molar-refractivity contribution in [1.29, 1.82) is 0 Å². The number of ketones is 1. The third-order valence-corrected chi connectivity index (χ3v) is 1.46. The van der Waals surface area contributed by atoms with Crippen LogP contribution < -0.4 is 0 Å². The molecule has 0 saturated heterocycles. The molecule has 0 spiro atoms. The molecular weight excluding hydrogens is 264 g/mol. The highest BCUT2D eigenvalue weighted by molar-refractivity contribution is 5.76. The molecule has 0 unspecified atom stereocenters. The van der Waals surface area contributed by atoms with Crippen molar-refractivity contribution in [2.45, 2.75) is 25.2 Å². The van der Waals surface area contributed by atoms with Gasteiger partial charge in [-0.2, -0.15) is 0 Å². The number of Topliss-reactive ketones (excluding diaryl/α,β-unsaturated/α-hetero) is 1. The molecule has 0 saturated carbocycles. The number of carbonyl (C=O) groups excluding carboxylic acids is 1. The van der Waals surface area contributed by atoms with Gasteiger partial charge in [0.1, 0.15) is 24.9 Å².